The molecule has 52 heavy (non-hydrogen) atoms. The third-order valence-electron chi connectivity index (χ3n) is 13.3. The van der Waals surface area contributed by atoms with Gasteiger partial charge in [0.2, 0.25) is 0 Å². The average Bonchev–Trinajstić information content (AvgIpc) is 3.67. The van der Waals surface area contributed by atoms with Crippen LogP contribution in [0.4, 0.5) is 17.1 Å². The van der Waals surface area contributed by atoms with Crippen molar-refractivity contribution in [3.63, 3.8) is 0 Å². The van der Waals surface area contributed by atoms with Gasteiger partial charge in [0.25, 0.3) is 0 Å². The minimum Gasteiger partial charge on any atom is -0.310 e. The van der Waals surface area contributed by atoms with E-state index in [1.54, 1.807) is 5.56 Å². The van der Waals surface area contributed by atoms with Gasteiger partial charge in [-0.25, -0.2) is 0 Å². The average molecular weight is 676 g/mol. The molecule has 5 aliphatic carbocycles. The van der Waals surface area contributed by atoms with Crippen LogP contribution in [0.5, 0.6) is 0 Å². The molecule has 0 heterocycles. The van der Waals surface area contributed by atoms with Gasteiger partial charge in [0.1, 0.15) is 0 Å². The van der Waals surface area contributed by atoms with Gasteiger partial charge in [0.05, 0.1) is 5.69 Å². The molecule has 258 valence electrons. The topological polar surface area (TPSA) is 3.24 Å². The summed E-state index contributed by atoms with van der Waals surface area (Å²) in [6, 6.07) is 45.4. The second-order valence-electron chi connectivity index (χ2n) is 17.3. The predicted octanol–water partition coefficient (Wildman–Crippen LogP) is 14.6. The fourth-order valence-corrected chi connectivity index (χ4v) is 10.3. The highest BCUT2D eigenvalue weighted by Crippen LogP contribution is 2.60. The molecule has 5 aromatic rings. The van der Waals surface area contributed by atoms with Crippen molar-refractivity contribution in [2.75, 3.05) is 4.90 Å². The van der Waals surface area contributed by atoms with Crippen molar-refractivity contribution in [2.24, 2.45) is 0 Å². The van der Waals surface area contributed by atoms with Crippen molar-refractivity contribution in [2.45, 2.75) is 96.3 Å². The lowest BCUT2D eigenvalue weighted by Gasteiger charge is -2.37. The first kappa shape index (κ1) is 31.8. The monoisotopic (exact) mass is 675 g/mol. The van der Waals surface area contributed by atoms with Gasteiger partial charge in [-0.05, 0) is 146 Å². The number of fused-ring (bicyclic) bond motifs is 10. The number of anilines is 3. The molecule has 0 aromatic heterocycles. The fraction of sp³-hybridized carbons (Fsp3) is 0.294. The van der Waals surface area contributed by atoms with E-state index in [1.165, 1.54) is 121 Å². The quantitative estimate of drug-likeness (QED) is 0.170. The smallest absolute Gasteiger partial charge is 0.0540 e. The molecule has 1 nitrogen and oxygen atoms in total. The molecule has 10 rings (SSSR count). The summed E-state index contributed by atoms with van der Waals surface area (Å²) in [5, 5.41) is 0. The van der Waals surface area contributed by atoms with Gasteiger partial charge in [0.15, 0.2) is 0 Å². The van der Waals surface area contributed by atoms with Crippen LogP contribution in [0, 0.1) is 0 Å². The Morgan fingerprint density at radius 1 is 0.481 bits per heavy atom. The highest BCUT2D eigenvalue weighted by molar-refractivity contribution is 6.03. The van der Waals surface area contributed by atoms with Crippen molar-refractivity contribution >= 4 is 17.1 Å². The van der Waals surface area contributed by atoms with Gasteiger partial charge < -0.3 is 4.90 Å². The summed E-state index contributed by atoms with van der Waals surface area (Å²) in [6.45, 7) is 14.0. The lowest BCUT2D eigenvalue weighted by molar-refractivity contribution is 0.353. The Labute approximate surface area is 310 Å². The van der Waals surface area contributed by atoms with E-state index in [0.29, 0.717) is 11.8 Å². The van der Waals surface area contributed by atoms with Crippen LogP contribution in [0.1, 0.15) is 119 Å². The van der Waals surface area contributed by atoms with E-state index in [4.69, 9.17) is 0 Å². The number of benzene rings is 6. The number of nitrogens with zero attached hydrogens (tertiary/aromatic N) is 1. The summed E-state index contributed by atoms with van der Waals surface area (Å²) in [5.74, 6) is 0.932. The number of rotatable bonds is 6. The molecular weight excluding hydrogens is 627 g/mol. The maximum absolute atomic E-state index is 2.59. The van der Waals surface area contributed by atoms with E-state index in [-0.39, 0.29) is 10.8 Å². The Morgan fingerprint density at radius 2 is 1.13 bits per heavy atom. The predicted molar refractivity (Wildman–Crippen MR) is 221 cm³/mol. The van der Waals surface area contributed by atoms with Crippen molar-refractivity contribution < 1.29 is 0 Å². The second-order valence-corrected chi connectivity index (χ2v) is 17.3. The van der Waals surface area contributed by atoms with Crippen LogP contribution in [0.25, 0.3) is 44.5 Å². The maximum Gasteiger partial charge on any atom is 0.0540 e. The van der Waals surface area contributed by atoms with Crippen LogP contribution in [0.3, 0.4) is 0 Å². The summed E-state index contributed by atoms with van der Waals surface area (Å²) in [6.07, 6.45) is 6.38. The van der Waals surface area contributed by atoms with Gasteiger partial charge in [-0.3, -0.25) is 0 Å². The molecule has 0 unspecified atom stereocenters. The summed E-state index contributed by atoms with van der Waals surface area (Å²) in [4.78, 5) is 2.59. The number of hydrogen-bond acceptors (Lipinski definition) is 1. The first-order valence-corrected chi connectivity index (χ1v) is 19.8. The van der Waals surface area contributed by atoms with Gasteiger partial charge in [0, 0.05) is 27.8 Å². The Hall–Kier alpha value is -4.88. The van der Waals surface area contributed by atoms with E-state index in [0.717, 1.165) is 0 Å². The van der Waals surface area contributed by atoms with Crippen LogP contribution in [0.15, 0.2) is 115 Å². The van der Waals surface area contributed by atoms with E-state index in [9.17, 15) is 0 Å². The lowest BCUT2D eigenvalue weighted by Crippen LogP contribution is -2.28. The van der Waals surface area contributed by atoms with Crippen LogP contribution in [-0.4, -0.2) is 0 Å². The van der Waals surface area contributed by atoms with E-state index in [1.807, 2.05) is 0 Å². The van der Waals surface area contributed by atoms with E-state index < -0.39 is 0 Å². The first-order valence-electron chi connectivity index (χ1n) is 19.8. The van der Waals surface area contributed by atoms with Crippen molar-refractivity contribution in [1.82, 2.24) is 0 Å². The van der Waals surface area contributed by atoms with Crippen LogP contribution in [0.2, 0.25) is 0 Å². The Bertz CT molecular complexity index is 2410. The minimum atomic E-state index is -0.0453. The zero-order valence-corrected chi connectivity index (χ0v) is 31.6. The molecule has 1 heteroatoms. The van der Waals surface area contributed by atoms with Gasteiger partial charge in [-0.1, -0.05) is 128 Å². The van der Waals surface area contributed by atoms with E-state index in [2.05, 4.69) is 162 Å². The van der Waals surface area contributed by atoms with Crippen molar-refractivity contribution in [1.29, 1.82) is 0 Å². The van der Waals surface area contributed by atoms with Crippen molar-refractivity contribution in [3.8, 4) is 44.5 Å². The third-order valence-corrected chi connectivity index (χ3v) is 13.3. The highest BCUT2D eigenvalue weighted by Gasteiger charge is 2.45. The molecule has 0 N–H and O–H groups in total. The Balaban J connectivity index is 1.21. The molecule has 0 radical (unpaired) electrons. The SMILES string of the molecule is CC(C)c1ccc(-c2cc(C(C)C)ccc2N(c2ccc3c(c2)C(C)(C)c2cc4cc-4c2-3)c2ccc3c(c2)C2(CCCCC2)c2ccccc2-3)cc1. The number of hydrogen-bond donors (Lipinski definition) is 0. The molecule has 1 saturated carbocycles. The molecule has 5 aliphatic rings. The summed E-state index contributed by atoms with van der Waals surface area (Å²) in [7, 11) is 0. The molecule has 1 spiro atoms. The van der Waals surface area contributed by atoms with Crippen LogP contribution < -0.4 is 4.90 Å². The zero-order chi connectivity index (χ0) is 35.5. The molecule has 0 bridgehead atoms. The third kappa shape index (κ3) is 4.54. The molecule has 0 atom stereocenters. The van der Waals surface area contributed by atoms with Gasteiger partial charge in [-0.2, -0.15) is 0 Å². The summed E-state index contributed by atoms with van der Waals surface area (Å²) >= 11 is 0. The normalized spacial score (nSPS) is 16.5. The summed E-state index contributed by atoms with van der Waals surface area (Å²) in [5.41, 5.74) is 23.7. The Morgan fingerprint density at radius 3 is 1.87 bits per heavy atom. The largest absolute Gasteiger partial charge is 0.310 e. The lowest BCUT2D eigenvalue weighted by atomic mass is 9.68. The molecular formula is C51H49N. The van der Waals surface area contributed by atoms with Gasteiger partial charge >= 0.3 is 0 Å². The maximum atomic E-state index is 2.59. The van der Waals surface area contributed by atoms with Gasteiger partial charge in [-0.15, -0.1) is 0 Å². The minimum absolute atomic E-state index is 0.0453. The Kier molecular flexibility index (Phi) is 6.92. The second kappa shape index (κ2) is 11.3. The molecule has 0 aliphatic heterocycles. The molecule has 0 amide bonds. The van der Waals surface area contributed by atoms with Crippen LogP contribution in [-0.2, 0) is 10.8 Å². The molecule has 5 aromatic carbocycles. The first-order chi connectivity index (χ1) is 25.2. The molecule has 0 saturated heterocycles. The van der Waals surface area contributed by atoms with Crippen LogP contribution >= 0.6 is 0 Å². The zero-order valence-electron chi connectivity index (χ0n) is 31.6. The van der Waals surface area contributed by atoms with E-state index >= 15 is 0 Å². The summed E-state index contributed by atoms with van der Waals surface area (Å²) < 4.78 is 0. The fourth-order valence-electron chi connectivity index (χ4n) is 10.3. The van der Waals surface area contributed by atoms with Crippen molar-refractivity contribution in [3.05, 3.63) is 149 Å². The molecule has 1 fully saturated rings. The standard InChI is InChI=1S/C51H49N/c1-31(2)33-14-16-34(17-15-33)42-26-35(32(3)4)18-23-48(42)52(37-20-22-41-45(29-37)50(5,6)47-28-36-27-43(36)49(41)47)38-19-21-40-39-12-8-9-13-44(39)51(46(40)30-38)24-10-7-11-25-51/h8-9,12-23,26-32H,7,10-11,24-25H2,1-6H3. The highest BCUT2D eigenvalue weighted by atomic mass is 15.1.